The molecule has 0 saturated heterocycles. The Kier molecular flexibility index (Phi) is 8.39. The third-order valence-corrected chi connectivity index (χ3v) is 8.31. The zero-order valence-corrected chi connectivity index (χ0v) is 24.8. The summed E-state index contributed by atoms with van der Waals surface area (Å²) < 4.78 is 1.81. The van der Waals surface area contributed by atoms with Crippen molar-refractivity contribution in [1.29, 1.82) is 0 Å². The van der Waals surface area contributed by atoms with E-state index in [1.807, 2.05) is 104 Å². The summed E-state index contributed by atoms with van der Waals surface area (Å²) in [6.45, 7) is 1.91. The lowest BCUT2D eigenvalue weighted by atomic mass is 10.1. The highest BCUT2D eigenvalue weighted by Crippen LogP contribution is 2.32. The Hall–Kier alpha value is -5.40. The molecule has 1 heterocycles. The van der Waals surface area contributed by atoms with Crippen LogP contribution in [0.15, 0.2) is 144 Å². The topological polar surface area (TPSA) is 80.2 Å². The van der Waals surface area contributed by atoms with E-state index in [1.54, 1.807) is 47.0 Å². The van der Waals surface area contributed by atoms with Crippen LogP contribution < -0.4 is 10.6 Å². The smallest absolute Gasteiger partial charge is 0.272 e. The average Bonchev–Trinajstić information content (AvgIpc) is 3.40. The van der Waals surface area contributed by atoms with E-state index in [0.29, 0.717) is 11.3 Å². The molecule has 0 aliphatic carbocycles. The number of para-hydroxylation sites is 2. The van der Waals surface area contributed by atoms with Crippen molar-refractivity contribution >= 4 is 63.1 Å². The van der Waals surface area contributed by atoms with E-state index < -0.39 is 5.91 Å². The van der Waals surface area contributed by atoms with E-state index in [2.05, 4.69) is 10.6 Å². The maximum Gasteiger partial charge on any atom is 0.272 e. The fourth-order valence-electron chi connectivity index (χ4n) is 5.07. The van der Waals surface area contributed by atoms with Gasteiger partial charge in [0.1, 0.15) is 5.70 Å². The molecule has 5 aromatic carbocycles. The van der Waals surface area contributed by atoms with E-state index >= 15 is 0 Å². The van der Waals surface area contributed by atoms with Crippen LogP contribution in [0.25, 0.3) is 27.9 Å². The molecule has 6 aromatic rings. The number of amides is 2. The molecule has 6 rings (SSSR count). The number of carbonyl (C=O) groups is 3. The first-order chi connectivity index (χ1) is 21.5. The maximum atomic E-state index is 13.7. The van der Waals surface area contributed by atoms with Crippen molar-refractivity contribution in [2.45, 2.75) is 17.1 Å². The second kappa shape index (κ2) is 12.9. The van der Waals surface area contributed by atoms with Crippen LogP contribution in [0.2, 0.25) is 0 Å². The number of nitrogens with one attached hydrogen (secondary N) is 2. The highest BCUT2D eigenvalue weighted by molar-refractivity contribution is 8.00. The molecule has 1 aromatic heterocycles. The van der Waals surface area contributed by atoms with Crippen LogP contribution in [-0.2, 0) is 4.79 Å². The lowest BCUT2D eigenvalue weighted by Crippen LogP contribution is -2.30. The van der Waals surface area contributed by atoms with Crippen LogP contribution in [-0.4, -0.2) is 27.5 Å². The van der Waals surface area contributed by atoms with E-state index in [-0.39, 0.29) is 22.8 Å². The Morgan fingerprint density at radius 1 is 0.682 bits per heavy atom. The molecule has 0 aliphatic rings. The molecule has 0 fully saturated rings. The molecular formula is C37H29N3O3S. The van der Waals surface area contributed by atoms with Crippen molar-refractivity contribution in [3.8, 4) is 0 Å². The van der Waals surface area contributed by atoms with Gasteiger partial charge < -0.3 is 10.6 Å². The number of fused-ring (bicyclic) bond motifs is 3. The fourth-order valence-corrected chi connectivity index (χ4v) is 5.98. The van der Waals surface area contributed by atoms with Crippen LogP contribution in [0, 0.1) is 0 Å². The van der Waals surface area contributed by atoms with E-state index in [0.717, 1.165) is 32.3 Å². The normalized spacial score (nSPS) is 12.2. The lowest BCUT2D eigenvalue weighted by Gasteiger charge is -2.14. The molecule has 0 aliphatic heterocycles. The zero-order valence-electron chi connectivity index (χ0n) is 23.9. The van der Waals surface area contributed by atoms with E-state index in [4.69, 9.17) is 0 Å². The predicted octanol–water partition coefficient (Wildman–Crippen LogP) is 8.03. The van der Waals surface area contributed by atoms with E-state index in [9.17, 15) is 14.4 Å². The first kappa shape index (κ1) is 28.7. The predicted molar refractivity (Wildman–Crippen MR) is 179 cm³/mol. The molecule has 0 saturated carbocycles. The SMILES string of the molecule is CC(Sc1ccc(NC(=O)/C(=C/c2ccccc2)NC(=O)c2ccccc2)cc1)C(=O)n1c2ccccc2c2ccccc21. The van der Waals surface area contributed by atoms with Gasteiger partial charge in [0.25, 0.3) is 11.8 Å². The highest BCUT2D eigenvalue weighted by Gasteiger charge is 2.22. The van der Waals surface area contributed by atoms with Crippen molar-refractivity contribution in [3.63, 3.8) is 0 Å². The van der Waals surface area contributed by atoms with Crippen LogP contribution in [0.4, 0.5) is 5.69 Å². The van der Waals surface area contributed by atoms with Crippen LogP contribution in [0.3, 0.4) is 0 Å². The molecule has 0 spiro atoms. The third kappa shape index (κ3) is 6.19. The molecule has 2 N–H and O–H groups in total. The Bertz CT molecular complexity index is 1950. The summed E-state index contributed by atoms with van der Waals surface area (Å²) >= 11 is 1.46. The van der Waals surface area contributed by atoms with Gasteiger partial charge in [0.15, 0.2) is 0 Å². The quantitative estimate of drug-likeness (QED) is 0.138. The van der Waals surface area contributed by atoms with Gasteiger partial charge in [-0.25, -0.2) is 0 Å². The summed E-state index contributed by atoms with van der Waals surface area (Å²) in [5.74, 6) is -0.834. The minimum Gasteiger partial charge on any atom is -0.321 e. The van der Waals surface area contributed by atoms with Crippen LogP contribution in [0.1, 0.15) is 27.6 Å². The van der Waals surface area contributed by atoms with Crippen molar-refractivity contribution in [3.05, 3.63) is 150 Å². The molecule has 44 heavy (non-hydrogen) atoms. The minimum atomic E-state index is -0.451. The Balaban J connectivity index is 1.17. The third-order valence-electron chi connectivity index (χ3n) is 7.21. The molecule has 6 nitrogen and oxygen atoms in total. The number of anilines is 1. The minimum absolute atomic E-state index is 0.00497. The van der Waals surface area contributed by atoms with Gasteiger partial charge in [-0.15, -0.1) is 11.8 Å². The number of hydrogen-bond donors (Lipinski definition) is 2. The number of carbonyl (C=O) groups excluding carboxylic acids is 3. The molecule has 0 radical (unpaired) electrons. The summed E-state index contributed by atoms with van der Waals surface area (Å²) in [5.41, 5.74) is 3.69. The number of rotatable bonds is 8. The van der Waals surface area contributed by atoms with Crippen LogP contribution in [0.5, 0.6) is 0 Å². The summed E-state index contributed by atoms with van der Waals surface area (Å²) in [4.78, 5) is 40.8. The number of thioether (sulfide) groups is 1. The highest BCUT2D eigenvalue weighted by atomic mass is 32.2. The molecule has 216 valence electrons. The monoisotopic (exact) mass is 595 g/mol. The van der Waals surface area contributed by atoms with E-state index in [1.165, 1.54) is 11.8 Å². The van der Waals surface area contributed by atoms with Crippen molar-refractivity contribution in [2.75, 3.05) is 5.32 Å². The van der Waals surface area contributed by atoms with Gasteiger partial charge >= 0.3 is 0 Å². The molecule has 1 unspecified atom stereocenters. The maximum absolute atomic E-state index is 13.7. The van der Waals surface area contributed by atoms with Gasteiger partial charge in [-0.3, -0.25) is 19.0 Å². The Labute approximate surface area is 259 Å². The first-order valence-corrected chi connectivity index (χ1v) is 15.1. The fraction of sp³-hybridized carbons (Fsp3) is 0.0541. The van der Waals surface area contributed by atoms with Gasteiger partial charge in [0.2, 0.25) is 5.91 Å². The molecule has 2 amide bonds. The molecule has 0 bridgehead atoms. The lowest BCUT2D eigenvalue weighted by molar-refractivity contribution is -0.113. The van der Waals surface area contributed by atoms with Gasteiger partial charge in [0, 0.05) is 26.9 Å². The molecule has 7 heteroatoms. The van der Waals surface area contributed by atoms with Gasteiger partial charge in [-0.05, 0) is 67.1 Å². The number of benzene rings is 5. The molecule has 1 atom stereocenters. The summed E-state index contributed by atoms with van der Waals surface area (Å²) in [5, 5.41) is 7.38. The van der Waals surface area contributed by atoms with Crippen molar-refractivity contribution in [1.82, 2.24) is 9.88 Å². The average molecular weight is 596 g/mol. The van der Waals surface area contributed by atoms with Crippen LogP contribution >= 0.6 is 11.8 Å². The van der Waals surface area contributed by atoms with Gasteiger partial charge in [-0.2, -0.15) is 0 Å². The summed E-state index contributed by atoms with van der Waals surface area (Å²) in [7, 11) is 0. The zero-order chi connectivity index (χ0) is 30.5. The van der Waals surface area contributed by atoms with Gasteiger partial charge in [0.05, 0.1) is 16.3 Å². The Morgan fingerprint density at radius 3 is 1.84 bits per heavy atom. The summed E-state index contributed by atoms with van der Waals surface area (Å²) in [6.07, 6.45) is 1.64. The van der Waals surface area contributed by atoms with Crippen molar-refractivity contribution < 1.29 is 14.4 Å². The summed E-state index contributed by atoms with van der Waals surface area (Å²) in [6, 6.07) is 41.3. The second-order valence-corrected chi connectivity index (χ2v) is 11.6. The first-order valence-electron chi connectivity index (χ1n) is 14.2. The largest absolute Gasteiger partial charge is 0.321 e. The molecular weight excluding hydrogens is 566 g/mol. The number of hydrogen-bond acceptors (Lipinski definition) is 4. The van der Waals surface area contributed by atoms with Crippen molar-refractivity contribution in [2.24, 2.45) is 0 Å². The number of aromatic nitrogens is 1. The second-order valence-electron chi connectivity index (χ2n) is 10.2. The number of nitrogens with zero attached hydrogens (tertiary/aromatic N) is 1. The Morgan fingerprint density at radius 2 is 1.23 bits per heavy atom. The van der Waals surface area contributed by atoms with Gasteiger partial charge in [-0.1, -0.05) is 84.9 Å². The standard InChI is InChI=1S/C37H29N3O3S/c1-25(37(43)40-33-18-10-8-16-30(33)31-17-9-11-19-34(31)40)44-29-22-20-28(21-23-29)38-36(42)32(24-26-12-4-2-5-13-26)39-35(41)27-14-6-3-7-15-27/h2-25H,1H3,(H,38,42)(H,39,41)/b32-24-.